The van der Waals surface area contributed by atoms with E-state index >= 15 is 0 Å². The minimum atomic E-state index is -0.407. The van der Waals surface area contributed by atoms with Gasteiger partial charge in [-0.2, -0.15) is 0 Å². The van der Waals surface area contributed by atoms with E-state index in [4.69, 9.17) is 0 Å². The summed E-state index contributed by atoms with van der Waals surface area (Å²) in [6, 6.07) is 9.29. The van der Waals surface area contributed by atoms with Gasteiger partial charge in [0.25, 0.3) is 5.91 Å². The molecule has 0 aliphatic carbocycles. The number of aromatic nitrogens is 2. The third-order valence-corrected chi connectivity index (χ3v) is 6.77. The van der Waals surface area contributed by atoms with Crippen LogP contribution in [0.4, 0.5) is 0 Å². The van der Waals surface area contributed by atoms with Gasteiger partial charge in [-0.05, 0) is 76.6 Å². The topological polar surface area (TPSA) is 98.2 Å². The van der Waals surface area contributed by atoms with Gasteiger partial charge in [0, 0.05) is 17.5 Å². The van der Waals surface area contributed by atoms with Gasteiger partial charge in [-0.3, -0.25) is 9.52 Å². The van der Waals surface area contributed by atoms with Crippen LogP contribution in [0.25, 0.3) is 11.0 Å². The quantitative estimate of drug-likeness (QED) is 0.116. The molecular formula is C29H37N3O3S. The molecule has 0 aliphatic rings. The van der Waals surface area contributed by atoms with Gasteiger partial charge in [0.05, 0.1) is 16.6 Å². The molecule has 7 heteroatoms. The Morgan fingerprint density at radius 1 is 1.14 bits per heavy atom. The zero-order chi connectivity index (χ0) is 26.1. The first-order chi connectivity index (χ1) is 17.3. The second-order valence-electron chi connectivity index (χ2n) is 9.38. The molecule has 0 unspecified atom stereocenters. The van der Waals surface area contributed by atoms with Gasteiger partial charge >= 0.3 is 0 Å². The van der Waals surface area contributed by atoms with Crippen molar-refractivity contribution in [3.8, 4) is 11.5 Å². The Hall–Kier alpha value is -3.19. The van der Waals surface area contributed by atoms with Crippen LogP contribution in [0.15, 0.2) is 58.8 Å². The van der Waals surface area contributed by atoms with Crippen LogP contribution < -0.4 is 4.72 Å². The minimum Gasteiger partial charge on any atom is -0.508 e. The fourth-order valence-corrected chi connectivity index (χ4v) is 4.65. The predicted molar refractivity (Wildman–Crippen MR) is 149 cm³/mol. The first-order valence-corrected chi connectivity index (χ1v) is 13.4. The van der Waals surface area contributed by atoms with Gasteiger partial charge in [0.1, 0.15) is 11.5 Å². The SMILES string of the molecule is CCCCCc1cc(O)c(C/C=C(\C)CCC=C(C)C)c(O)c1C(=O)NSc1nc2ccccc2[nH]1. The number of carbonyl (C=O) groups excluding carboxylic acids is 1. The molecule has 0 spiro atoms. The van der Waals surface area contributed by atoms with E-state index in [1.165, 1.54) is 11.1 Å². The van der Waals surface area contributed by atoms with E-state index in [9.17, 15) is 15.0 Å². The Morgan fingerprint density at radius 3 is 2.64 bits per heavy atom. The third-order valence-electron chi connectivity index (χ3n) is 6.09. The molecule has 0 radical (unpaired) electrons. The zero-order valence-corrected chi connectivity index (χ0v) is 22.5. The maximum atomic E-state index is 13.3. The Kier molecular flexibility index (Phi) is 10.1. The monoisotopic (exact) mass is 507 g/mol. The summed E-state index contributed by atoms with van der Waals surface area (Å²) >= 11 is 1.08. The Labute approximate surface area is 218 Å². The molecule has 1 aromatic heterocycles. The van der Waals surface area contributed by atoms with Gasteiger partial charge in [0.15, 0.2) is 5.16 Å². The number of H-pyrrole nitrogens is 1. The Balaban J connectivity index is 1.83. The molecule has 4 N–H and O–H groups in total. The second-order valence-corrected chi connectivity index (χ2v) is 10.2. The van der Waals surface area contributed by atoms with Crippen LogP contribution in [-0.2, 0) is 12.8 Å². The highest BCUT2D eigenvalue weighted by Crippen LogP contribution is 2.36. The normalized spacial score (nSPS) is 11.6. The number of aromatic amines is 1. The van der Waals surface area contributed by atoms with Gasteiger partial charge in [0.2, 0.25) is 0 Å². The van der Waals surface area contributed by atoms with Gasteiger partial charge in [-0.1, -0.05) is 55.2 Å². The van der Waals surface area contributed by atoms with Crippen LogP contribution in [0.1, 0.15) is 81.3 Å². The number of aromatic hydroxyl groups is 2. The predicted octanol–water partition coefficient (Wildman–Crippen LogP) is 7.38. The third kappa shape index (κ3) is 7.40. The summed E-state index contributed by atoms with van der Waals surface area (Å²) < 4.78 is 2.82. The van der Waals surface area contributed by atoms with Gasteiger partial charge in [-0.15, -0.1) is 0 Å². The summed E-state index contributed by atoms with van der Waals surface area (Å²) in [6.45, 7) is 8.32. The van der Waals surface area contributed by atoms with E-state index in [0.29, 0.717) is 29.1 Å². The fourth-order valence-electron chi connectivity index (χ4n) is 4.06. The molecule has 192 valence electrons. The number of hydrogen-bond acceptors (Lipinski definition) is 5. The standard InChI is InChI=1S/C29H37N3O3S/c1-5-6-7-13-21-18-25(33)22(17-16-20(4)12-10-11-19(2)3)27(34)26(21)28(35)32-36-29-30-23-14-8-9-15-24(23)31-29/h8-9,11,14-16,18,33-34H,5-7,10,12-13,17H2,1-4H3,(H,30,31)(H,32,35)/b20-16+. The highest BCUT2D eigenvalue weighted by molar-refractivity contribution is 7.97. The molecule has 1 heterocycles. The molecule has 3 rings (SSSR count). The summed E-state index contributed by atoms with van der Waals surface area (Å²) in [5, 5.41) is 22.5. The number of benzene rings is 2. The Bertz CT molecular complexity index is 1220. The summed E-state index contributed by atoms with van der Waals surface area (Å²) in [5.74, 6) is -0.540. The number of carbonyl (C=O) groups is 1. The summed E-state index contributed by atoms with van der Waals surface area (Å²) in [5.41, 5.74) is 5.40. The number of phenols is 2. The summed E-state index contributed by atoms with van der Waals surface area (Å²) in [4.78, 5) is 20.9. The number of amides is 1. The largest absolute Gasteiger partial charge is 0.508 e. The van der Waals surface area contributed by atoms with E-state index in [1.807, 2.05) is 37.3 Å². The molecule has 36 heavy (non-hydrogen) atoms. The lowest BCUT2D eigenvalue weighted by molar-refractivity contribution is 0.0980. The van der Waals surface area contributed by atoms with Gasteiger partial charge in [-0.25, -0.2) is 4.98 Å². The fraction of sp³-hybridized carbons (Fsp3) is 0.379. The van der Waals surface area contributed by atoms with Crippen molar-refractivity contribution in [1.29, 1.82) is 0 Å². The van der Waals surface area contributed by atoms with Crippen molar-refractivity contribution in [1.82, 2.24) is 14.7 Å². The Morgan fingerprint density at radius 2 is 1.92 bits per heavy atom. The number of imidazole rings is 1. The molecule has 0 bridgehead atoms. The number of nitrogens with one attached hydrogen (secondary N) is 2. The molecule has 0 fully saturated rings. The average Bonchev–Trinajstić information content (AvgIpc) is 3.25. The van der Waals surface area contributed by atoms with Crippen molar-refractivity contribution in [3.63, 3.8) is 0 Å². The minimum absolute atomic E-state index is 0.0221. The summed E-state index contributed by atoms with van der Waals surface area (Å²) in [6.07, 6.45) is 9.93. The number of para-hydroxylation sites is 2. The van der Waals surface area contributed by atoms with E-state index in [-0.39, 0.29) is 17.1 Å². The van der Waals surface area contributed by atoms with E-state index in [2.05, 4.69) is 41.5 Å². The number of rotatable bonds is 12. The maximum Gasteiger partial charge on any atom is 0.265 e. The van der Waals surface area contributed by atoms with Crippen LogP contribution in [0.3, 0.4) is 0 Å². The number of aryl methyl sites for hydroxylation is 1. The smallest absolute Gasteiger partial charge is 0.265 e. The van der Waals surface area contributed by atoms with E-state index < -0.39 is 5.91 Å². The van der Waals surface area contributed by atoms with Crippen molar-refractivity contribution in [3.05, 3.63) is 70.3 Å². The van der Waals surface area contributed by atoms with Crippen LogP contribution >= 0.6 is 11.9 Å². The van der Waals surface area contributed by atoms with Gasteiger partial charge < -0.3 is 15.2 Å². The summed E-state index contributed by atoms with van der Waals surface area (Å²) in [7, 11) is 0. The first-order valence-electron chi connectivity index (χ1n) is 12.6. The van der Waals surface area contributed by atoms with Crippen molar-refractivity contribution in [2.24, 2.45) is 0 Å². The van der Waals surface area contributed by atoms with Crippen LogP contribution in [-0.4, -0.2) is 26.1 Å². The van der Waals surface area contributed by atoms with Crippen LogP contribution in [0, 0.1) is 0 Å². The van der Waals surface area contributed by atoms with Crippen molar-refractivity contribution < 1.29 is 15.0 Å². The van der Waals surface area contributed by atoms with Crippen LogP contribution in [0.2, 0.25) is 0 Å². The van der Waals surface area contributed by atoms with Crippen molar-refractivity contribution >= 4 is 28.9 Å². The molecule has 2 aromatic carbocycles. The average molecular weight is 508 g/mol. The zero-order valence-electron chi connectivity index (χ0n) is 21.6. The van der Waals surface area contributed by atoms with Crippen LogP contribution in [0.5, 0.6) is 11.5 Å². The first kappa shape index (κ1) is 27.4. The maximum absolute atomic E-state index is 13.3. The molecule has 0 saturated carbocycles. The number of nitrogens with zero attached hydrogens (tertiary/aromatic N) is 1. The number of allylic oxidation sites excluding steroid dienone is 4. The number of unbranched alkanes of at least 4 members (excludes halogenated alkanes) is 2. The number of hydrogen-bond donors (Lipinski definition) is 4. The molecule has 3 aromatic rings. The molecule has 1 amide bonds. The number of fused-ring (bicyclic) bond motifs is 1. The number of phenolic OH excluding ortho intramolecular Hbond substituents is 2. The second kappa shape index (κ2) is 13.2. The lowest BCUT2D eigenvalue weighted by Crippen LogP contribution is -2.19. The van der Waals surface area contributed by atoms with Crippen molar-refractivity contribution in [2.45, 2.75) is 77.8 Å². The van der Waals surface area contributed by atoms with E-state index in [1.54, 1.807) is 6.07 Å². The highest BCUT2D eigenvalue weighted by Gasteiger charge is 2.23. The van der Waals surface area contributed by atoms with E-state index in [0.717, 1.165) is 55.1 Å². The molecule has 0 saturated heterocycles. The molecular weight excluding hydrogens is 470 g/mol. The lowest BCUT2D eigenvalue weighted by Gasteiger charge is -2.16. The molecule has 0 aliphatic heterocycles. The highest BCUT2D eigenvalue weighted by atomic mass is 32.2. The lowest BCUT2D eigenvalue weighted by atomic mass is 9.94. The molecule has 6 nitrogen and oxygen atoms in total. The van der Waals surface area contributed by atoms with Crippen molar-refractivity contribution in [2.75, 3.05) is 0 Å². The molecule has 0 atom stereocenters.